The van der Waals surface area contributed by atoms with E-state index < -0.39 is 6.17 Å². The minimum absolute atomic E-state index is 0.124. The third-order valence-electron chi connectivity index (χ3n) is 2.99. The molecule has 0 spiro atoms. The molecule has 1 fully saturated rings. The zero-order chi connectivity index (χ0) is 11.8. The van der Waals surface area contributed by atoms with Crippen molar-refractivity contribution >= 4 is 0 Å². The summed E-state index contributed by atoms with van der Waals surface area (Å²) in [5.41, 5.74) is 1.38. The van der Waals surface area contributed by atoms with E-state index in [0.717, 1.165) is 6.54 Å². The molecule has 2 heterocycles. The fraction of sp³-hybridized carbons (Fsp3) is 0.615. The Morgan fingerprint density at radius 1 is 1.31 bits per heavy atom. The van der Waals surface area contributed by atoms with Crippen molar-refractivity contribution in [3.8, 4) is 0 Å². The van der Waals surface area contributed by atoms with Crippen molar-refractivity contribution in [3.05, 3.63) is 30.1 Å². The normalized spacial score (nSPS) is 18.5. The molecule has 0 aliphatic carbocycles. The molecule has 16 heavy (non-hydrogen) atoms. The van der Waals surface area contributed by atoms with Gasteiger partial charge in [0.05, 0.1) is 0 Å². The highest BCUT2D eigenvalue weighted by molar-refractivity contribution is 5.08. The number of aromatic nitrogens is 1. The van der Waals surface area contributed by atoms with Crippen molar-refractivity contribution in [3.63, 3.8) is 0 Å². The fourth-order valence-corrected chi connectivity index (χ4v) is 1.90. The number of rotatable bonds is 2. The van der Waals surface area contributed by atoms with Gasteiger partial charge in [-0.05, 0) is 5.56 Å². The van der Waals surface area contributed by atoms with Crippen LogP contribution in [0, 0.1) is 0 Å². The first-order chi connectivity index (χ1) is 7.45. The van der Waals surface area contributed by atoms with Gasteiger partial charge >= 0.3 is 0 Å². The van der Waals surface area contributed by atoms with Crippen molar-refractivity contribution in [2.45, 2.75) is 39.0 Å². The summed E-state index contributed by atoms with van der Waals surface area (Å²) in [7, 11) is 0. The van der Waals surface area contributed by atoms with Gasteiger partial charge in [-0.3, -0.25) is 4.90 Å². The van der Waals surface area contributed by atoms with Crippen LogP contribution in [0.5, 0.6) is 0 Å². The van der Waals surface area contributed by atoms with Crippen LogP contribution in [-0.2, 0) is 12.1 Å². The Balaban J connectivity index is 1.97. The molecule has 88 valence electrons. The second-order valence-corrected chi connectivity index (χ2v) is 5.58. The fourth-order valence-electron chi connectivity index (χ4n) is 1.90. The van der Waals surface area contributed by atoms with Crippen LogP contribution in [0.4, 0.5) is 4.39 Å². The lowest BCUT2D eigenvalue weighted by Crippen LogP contribution is -2.50. The lowest BCUT2D eigenvalue weighted by molar-refractivity contribution is -0.754. The Morgan fingerprint density at radius 2 is 1.88 bits per heavy atom. The standard InChI is InChI=1S/C13H20FN2/c1-13(2,3)16-6-4-11(5-7-16)8-15-9-12(14)10-15/h4-7,12H,8-10H2,1-3H3/q+1. The lowest BCUT2D eigenvalue weighted by Gasteiger charge is -2.34. The van der Waals surface area contributed by atoms with Gasteiger partial charge < -0.3 is 0 Å². The molecule has 1 aromatic heterocycles. The predicted octanol–water partition coefficient (Wildman–Crippen LogP) is 1.88. The zero-order valence-corrected chi connectivity index (χ0v) is 10.3. The SMILES string of the molecule is CC(C)(C)[n+]1ccc(CN2CC(F)C2)cc1. The lowest BCUT2D eigenvalue weighted by atomic mass is 10.1. The first kappa shape index (κ1) is 11.5. The third kappa shape index (κ3) is 2.59. The number of alkyl halides is 1. The molecular formula is C13H20FN2+. The molecule has 0 N–H and O–H groups in total. The number of halogens is 1. The number of hydrogen-bond donors (Lipinski definition) is 0. The Labute approximate surface area is 96.7 Å². The molecular weight excluding hydrogens is 203 g/mol. The Hall–Kier alpha value is -0.960. The van der Waals surface area contributed by atoms with Gasteiger partial charge in [0.1, 0.15) is 6.17 Å². The van der Waals surface area contributed by atoms with Crippen LogP contribution in [0.3, 0.4) is 0 Å². The van der Waals surface area contributed by atoms with Crippen molar-refractivity contribution in [2.75, 3.05) is 13.1 Å². The third-order valence-corrected chi connectivity index (χ3v) is 2.99. The molecule has 0 atom stereocenters. The molecule has 2 rings (SSSR count). The Bertz CT molecular complexity index is 347. The van der Waals surface area contributed by atoms with E-state index in [1.54, 1.807) is 0 Å². The van der Waals surface area contributed by atoms with Crippen molar-refractivity contribution in [1.82, 2.24) is 4.90 Å². The molecule has 1 saturated heterocycles. The van der Waals surface area contributed by atoms with Crippen LogP contribution in [-0.4, -0.2) is 24.2 Å². The van der Waals surface area contributed by atoms with Crippen molar-refractivity contribution in [1.29, 1.82) is 0 Å². The van der Waals surface area contributed by atoms with Gasteiger partial charge in [0.2, 0.25) is 0 Å². The number of hydrogen-bond acceptors (Lipinski definition) is 1. The summed E-state index contributed by atoms with van der Waals surface area (Å²) in [6, 6.07) is 4.24. The van der Waals surface area contributed by atoms with Crippen LogP contribution in [0.1, 0.15) is 26.3 Å². The van der Waals surface area contributed by atoms with Crippen molar-refractivity contribution < 1.29 is 8.96 Å². The molecule has 3 heteroatoms. The van der Waals surface area contributed by atoms with Gasteiger partial charge in [-0.15, -0.1) is 0 Å². The highest BCUT2D eigenvalue weighted by Crippen LogP contribution is 2.15. The smallest absolute Gasteiger partial charge is 0.169 e. The van der Waals surface area contributed by atoms with Gasteiger partial charge in [0.15, 0.2) is 17.9 Å². The minimum atomic E-state index is -0.608. The van der Waals surface area contributed by atoms with E-state index >= 15 is 0 Å². The van der Waals surface area contributed by atoms with Crippen LogP contribution in [0.15, 0.2) is 24.5 Å². The number of likely N-dealkylation sites (tertiary alicyclic amines) is 1. The maximum absolute atomic E-state index is 12.6. The number of nitrogens with zero attached hydrogens (tertiary/aromatic N) is 2. The van der Waals surface area contributed by atoms with E-state index in [0.29, 0.717) is 13.1 Å². The second-order valence-electron chi connectivity index (χ2n) is 5.58. The van der Waals surface area contributed by atoms with Gasteiger partial charge in [0.25, 0.3) is 0 Å². The summed E-state index contributed by atoms with van der Waals surface area (Å²) in [5.74, 6) is 0. The largest absolute Gasteiger partial charge is 0.293 e. The average Bonchev–Trinajstić information content (AvgIpc) is 2.15. The maximum Gasteiger partial charge on any atom is 0.169 e. The monoisotopic (exact) mass is 223 g/mol. The van der Waals surface area contributed by atoms with E-state index in [2.05, 4.69) is 54.8 Å². The molecule has 2 nitrogen and oxygen atoms in total. The van der Waals surface area contributed by atoms with E-state index in [9.17, 15) is 4.39 Å². The van der Waals surface area contributed by atoms with Crippen LogP contribution in [0.2, 0.25) is 0 Å². The molecule has 0 aromatic carbocycles. The molecule has 0 radical (unpaired) electrons. The molecule has 0 unspecified atom stereocenters. The van der Waals surface area contributed by atoms with E-state index in [-0.39, 0.29) is 5.54 Å². The highest BCUT2D eigenvalue weighted by Gasteiger charge is 2.26. The average molecular weight is 223 g/mol. The number of pyridine rings is 1. The molecule has 0 amide bonds. The summed E-state index contributed by atoms with van der Waals surface area (Å²) in [4.78, 5) is 2.13. The molecule has 0 bridgehead atoms. The summed E-state index contributed by atoms with van der Waals surface area (Å²) >= 11 is 0. The highest BCUT2D eigenvalue weighted by atomic mass is 19.1. The Morgan fingerprint density at radius 3 is 2.31 bits per heavy atom. The zero-order valence-electron chi connectivity index (χ0n) is 10.3. The summed E-state index contributed by atoms with van der Waals surface area (Å²) in [5, 5.41) is 0. The summed E-state index contributed by atoms with van der Waals surface area (Å²) < 4.78 is 14.8. The van der Waals surface area contributed by atoms with Gasteiger partial charge in [-0.1, -0.05) is 0 Å². The van der Waals surface area contributed by atoms with Crippen LogP contribution >= 0.6 is 0 Å². The second kappa shape index (κ2) is 4.13. The predicted molar refractivity (Wildman–Crippen MR) is 61.8 cm³/mol. The first-order valence-corrected chi connectivity index (χ1v) is 5.82. The molecule has 1 aromatic rings. The van der Waals surface area contributed by atoms with E-state index in [1.807, 2.05) is 0 Å². The summed E-state index contributed by atoms with van der Waals surface area (Å²) in [6.45, 7) is 8.58. The van der Waals surface area contributed by atoms with Crippen LogP contribution in [0.25, 0.3) is 0 Å². The Kier molecular flexibility index (Phi) is 2.98. The topological polar surface area (TPSA) is 7.12 Å². The minimum Gasteiger partial charge on any atom is -0.293 e. The first-order valence-electron chi connectivity index (χ1n) is 5.82. The van der Waals surface area contributed by atoms with Gasteiger partial charge in [-0.25, -0.2) is 8.96 Å². The summed E-state index contributed by atoms with van der Waals surface area (Å²) in [6.07, 6.45) is 3.59. The van der Waals surface area contributed by atoms with E-state index in [1.165, 1.54) is 5.56 Å². The quantitative estimate of drug-likeness (QED) is 0.694. The molecule has 0 saturated carbocycles. The maximum atomic E-state index is 12.6. The van der Waals surface area contributed by atoms with Crippen molar-refractivity contribution in [2.24, 2.45) is 0 Å². The van der Waals surface area contributed by atoms with E-state index in [4.69, 9.17) is 0 Å². The van der Waals surface area contributed by atoms with Crippen LogP contribution < -0.4 is 4.57 Å². The molecule has 1 aliphatic heterocycles. The van der Waals surface area contributed by atoms with Gasteiger partial charge in [0, 0.05) is 52.5 Å². The molecule has 1 aliphatic rings. The van der Waals surface area contributed by atoms with Gasteiger partial charge in [-0.2, -0.15) is 0 Å².